The Hall–Kier alpha value is -4.82. The molecule has 2 aromatic rings. The van der Waals surface area contributed by atoms with Gasteiger partial charge in [0.15, 0.2) is 0 Å². The molecule has 2 aromatic heterocycles. The van der Waals surface area contributed by atoms with Crippen LogP contribution in [0.25, 0.3) is 12.2 Å². The van der Waals surface area contributed by atoms with Crippen molar-refractivity contribution in [3.8, 4) is 0 Å². The van der Waals surface area contributed by atoms with Crippen LogP contribution in [0.5, 0.6) is 0 Å². The Morgan fingerprint density at radius 3 is 1.34 bits per heavy atom. The van der Waals surface area contributed by atoms with Crippen molar-refractivity contribution in [1.82, 2.24) is 29.6 Å². The molecule has 58 heavy (non-hydrogen) atoms. The molecule has 6 aliphatic rings. The molecule has 4 N–H and O–H groups in total. The predicted molar refractivity (Wildman–Crippen MR) is 218 cm³/mol. The summed E-state index contributed by atoms with van der Waals surface area (Å²) in [4.78, 5) is 82.1. The van der Waals surface area contributed by atoms with Gasteiger partial charge < -0.3 is 39.8 Å². The molecule has 14 heteroatoms. The van der Waals surface area contributed by atoms with Crippen molar-refractivity contribution in [2.24, 2.45) is 35.5 Å². The van der Waals surface area contributed by atoms with Crippen molar-refractivity contribution in [3.63, 3.8) is 0 Å². The lowest BCUT2D eigenvalue weighted by atomic mass is 9.86. The van der Waals surface area contributed by atoms with Crippen LogP contribution in [0.4, 0.5) is 0 Å². The van der Waals surface area contributed by atoms with E-state index in [0.717, 1.165) is 38.5 Å². The molecule has 4 amide bonds. The quantitative estimate of drug-likeness (QED) is 0.253. The first kappa shape index (κ1) is 41.3. The van der Waals surface area contributed by atoms with E-state index in [-0.39, 0.29) is 83.7 Å². The van der Waals surface area contributed by atoms with Crippen LogP contribution in [-0.2, 0) is 32.3 Å². The van der Waals surface area contributed by atoms with Gasteiger partial charge >= 0.3 is 0 Å². The topological polar surface area (TPSA) is 183 Å². The fourth-order valence-corrected chi connectivity index (χ4v) is 9.88. The van der Waals surface area contributed by atoms with Crippen LogP contribution in [0.2, 0.25) is 0 Å². The van der Waals surface area contributed by atoms with Gasteiger partial charge in [0.1, 0.15) is 0 Å². The highest BCUT2D eigenvalue weighted by molar-refractivity contribution is 5.87. The zero-order valence-electron chi connectivity index (χ0n) is 34.0. The van der Waals surface area contributed by atoms with Crippen LogP contribution < -0.4 is 21.8 Å². The summed E-state index contributed by atoms with van der Waals surface area (Å²) < 4.78 is 3.41. The van der Waals surface area contributed by atoms with E-state index in [9.17, 15) is 39.0 Å². The van der Waals surface area contributed by atoms with Gasteiger partial charge in [0, 0.05) is 85.6 Å². The van der Waals surface area contributed by atoms with Crippen molar-refractivity contribution in [1.29, 1.82) is 0 Å². The Balaban J connectivity index is 0.000000177. The van der Waals surface area contributed by atoms with Crippen LogP contribution in [0, 0.1) is 35.5 Å². The van der Waals surface area contributed by atoms with Gasteiger partial charge in [-0.1, -0.05) is 38.2 Å². The van der Waals surface area contributed by atoms with E-state index in [1.165, 1.54) is 0 Å². The van der Waals surface area contributed by atoms with Crippen molar-refractivity contribution < 1.29 is 29.4 Å². The fourth-order valence-electron chi connectivity index (χ4n) is 9.88. The maximum atomic E-state index is 13.1. The summed E-state index contributed by atoms with van der Waals surface area (Å²) in [6, 6.07) is 5.55. The summed E-state index contributed by atoms with van der Waals surface area (Å²) in [7, 11) is 0. The van der Waals surface area contributed by atoms with Crippen LogP contribution in [0.1, 0.15) is 101 Å². The summed E-state index contributed by atoms with van der Waals surface area (Å²) in [5.74, 6) is -2.04. The molecular formula is C44H58N6O8. The summed E-state index contributed by atoms with van der Waals surface area (Å²) in [5, 5.41) is 26.3. The molecule has 4 fully saturated rings. The second-order valence-corrected chi connectivity index (χ2v) is 16.6. The van der Waals surface area contributed by atoms with E-state index in [1.807, 2.05) is 61.8 Å². The average Bonchev–Trinajstić information content (AvgIpc) is 4.17. The highest BCUT2D eigenvalue weighted by atomic mass is 16.3. The number of carbonyl (C=O) groups is 4. The third-order valence-electron chi connectivity index (χ3n) is 12.9. The molecule has 4 bridgehead atoms. The molecule has 2 saturated heterocycles. The monoisotopic (exact) mass is 798 g/mol. The highest BCUT2D eigenvalue weighted by Crippen LogP contribution is 2.52. The lowest BCUT2D eigenvalue weighted by Gasteiger charge is -2.38. The third-order valence-corrected chi connectivity index (χ3v) is 12.9. The molecule has 2 saturated carbocycles. The Morgan fingerprint density at radius 1 is 0.655 bits per heavy atom. The third kappa shape index (κ3) is 7.27. The van der Waals surface area contributed by atoms with E-state index < -0.39 is 23.9 Å². The standard InChI is InChI=1S/2C22H29N3O4/c2*1-3-5-13-8-9-16-19-18(20(27)23-10-4-2)15(12-26)17(11-24(16)21(13)28)25(19)22(29)14-6-7-14/h2*3,5,8-9,14-15,17-19,26H,4,6-7,10-12H2,1-2H3,(H,23,27)/b5-3+;5-3-/t2*15-,17-,18+,19+/m11/s1. The number of aromatic nitrogens is 2. The number of allylic oxidation sites excluding steroid dienone is 2. The second kappa shape index (κ2) is 17.2. The molecule has 6 heterocycles. The average molecular weight is 799 g/mol. The number of carbonyl (C=O) groups excluding carboxylic acids is 4. The maximum Gasteiger partial charge on any atom is 0.258 e. The number of hydrogen-bond donors (Lipinski definition) is 4. The Labute approximate surface area is 339 Å². The zero-order chi connectivity index (χ0) is 41.4. The van der Waals surface area contributed by atoms with Crippen LogP contribution in [0.15, 0.2) is 46.0 Å². The van der Waals surface area contributed by atoms with Gasteiger partial charge in [-0.3, -0.25) is 28.8 Å². The van der Waals surface area contributed by atoms with Crippen LogP contribution >= 0.6 is 0 Å². The highest BCUT2D eigenvalue weighted by Gasteiger charge is 2.60. The van der Waals surface area contributed by atoms with Crippen molar-refractivity contribution in [3.05, 3.63) is 79.6 Å². The molecule has 8 rings (SSSR count). The van der Waals surface area contributed by atoms with Gasteiger partial charge in [0.2, 0.25) is 23.6 Å². The SMILES string of the molecule is C/C=C/c1ccc2n(c1=O)C[C@@H]1[C@@H](CO)[C@H](C(=O)NCCC)[C@H]2N1C(=O)C1CC1.C/C=C\c1ccc2n(c1=O)C[C@@H]1[C@@H](CO)[C@H](C(=O)NCCC)[C@H]2N1C(=O)C1CC1. The zero-order valence-corrected chi connectivity index (χ0v) is 34.0. The van der Waals surface area contributed by atoms with Gasteiger partial charge in [0.25, 0.3) is 11.1 Å². The molecule has 2 aliphatic carbocycles. The number of nitrogens with one attached hydrogen (secondary N) is 2. The molecule has 4 aliphatic heterocycles. The van der Waals surface area contributed by atoms with Gasteiger partial charge in [-0.15, -0.1) is 0 Å². The smallest absolute Gasteiger partial charge is 0.258 e. The first-order valence-corrected chi connectivity index (χ1v) is 21.2. The van der Waals surface area contributed by atoms with Gasteiger partial charge in [-0.05, 0) is 76.6 Å². The van der Waals surface area contributed by atoms with E-state index in [2.05, 4.69) is 10.6 Å². The number of rotatable bonds is 12. The number of amides is 4. The van der Waals surface area contributed by atoms with E-state index in [1.54, 1.807) is 33.4 Å². The van der Waals surface area contributed by atoms with Gasteiger partial charge in [0.05, 0.1) is 36.0 Å². The first-order chi connectivity index (χ1) is 28.1. The summed E-state index contributed by atoms with van der Waals surface area (Å²) in [5.41, 5.74) is 2.35. The molecule has 14 nitrogen and oxygen atoms in total. The minimum Gasteiger partial charge on any atom is -0.396 e. The number of nitrogens with zero attached hydrogens (tertiary/aromatic N) is 4. The number of hydrogen-bond acceptors (Lipinski definition) is 8. The summed E-state index contributed by atoms with van der Waals surface area (Å²) >= 11 is 0. The Kier molecular flexibility index (Phi) is 12.3. The normalized spacial score (nSPS) is 27.9. The van der Waals surface area contributed by atoms with Crippen molar-refractivity contribution >= 4 is 35.8 Å². The molecule has 0 radical (unpaired) electrons. The number of pyridine rings is 2. The molecule has 0 aromatic carbocycles. The number of aliphatic hydroxyl groups is 2. The van der Waals surface area contributed by atoms with Gasteiger partial charge in [-0.25, -0.2) is 0 Å². The summed E-state index contributed by atoms with van der Waals surface area (Å²) in [6.45, 7) is 9.04. The van der Waals surface area contributed by atoms with Crippen molar-refractivity contribution in [2.45, 2.75) is 103 Å². The second-order valence-electron chi connectivity index (χ2n) is 16.6. The predicted octanol–water partition coefficient (Wildman–Crippen LogP) is 2.62. The number of fused-ring (bicyclic) bond motifs is 8. The van der Waals surface area contributed by atoms with Crippen LogP contribution in [-0.4, -0.2) is 91.2 Å². The molecule has 0 spiro atoms. The largest absolute Gasteiger partial charge is 0.396 e. The lowest BCUT2D eigenvalue weighted by Crippen LogP contribution is -2.49. The van der Waals surface area contributed by atoms with Gasteiger partial charge in [-0.2, -0.15) is 0 Å². The Bertz CT molecular complexity index is 1950. The number of aliphatic hydroxyl groups excluding tert-OH is 2. The molecular weight excluding hydrogens is 741 g/mol. The maximum absolute atomic E-state index is 13.1. The van der Waals surface area contributed by atoms with E-state index in [4.69, 9.17) is 0 Å². The molecule has 0 unspecified atom stereocenters. The fraction of sp³-hybridized carbons (Fsp3) is 0.591. The lowest BCUT2D eigenvalue weighted by molar-refractivity contribution is -0.139. The minimum absolute atomic E-state index is 0.0114. The Morgan fingerprint density at radius 2 is 1.03 bits per heavy atom. The van der Waals surface area contributed by atoms with E-state index >= 15 is 0 Å². The molecule has 312 valence electrons. The van der Waals surface area contributed by atoms with Crippen molar-refractivity contribution in [2.75, 3.05) is 26.3 Å². The molecule has 8 atom stereocenters. The summed E-state index contributed by atoms with van der Waals surface area (Å²) in [6.07, 6.45) is 12.3. The first-order valence-electron chi connectivity index (χ1n) is 21.2. The minimum atomic E-state index is -0.556. The van der Waals surface area contributed by atoms with Crippen LogP contribution in [0.3, 0.4) is 0 Å². The van der Waals surface area contributed by atoms with E-state index in [0.29, 0.717) is 48.7 Å².